The number of hydrogen-bond acceptors (Lipinski definition) is 4. The van der Waals surface area contributed by atoms with Crippen molar-refractivity contribution in [1.29, 1.82) is 0 Å². The van der Waals surface area contributed by atoms with Crippen LogP contribution in [-0.2, 0) is 11.3 Å². The molecule has 3 heterocycles. The minimum atomic E-state index is -0.132. The van der Waals surface area contributed by atoms with E-state index in [9.17, 15) is 9.59 Å². The van der Waals surface area contributed by atoms with Crippen LogP contribution in [0.2, 0.25) is 0 Å². The van der Waals surface area contributed by atoms with Crippen molar-refractivity contribution in [1.82, 2.24) is 19.1 Å². The Morgan fingerprint density at radius 2 is 1.72 bits per heavy atom. The van der Waals surface area contributed by atoms with Gasteiger partial charge in [0.2, 0.25) is 5.91 Å². The number of fused-ring (bicyclic) bond motifs is 1. The Bertz CT molecular complexity index is 1430. The van der Waals surface area contributed by atoms with Crippen LogP contribution in [0.1, 0.15) is 37.3 Å². The zero-order valence-electron chi connectivity index (χ0n) is 21.2. The fourth-order valence-electron chi connectivity index (χ4n) is 4.80. The lowest BCUT2D eigenvalue weighted by Gasteiger charge is -2.36. The van der Waals surface area contributed by atoms with E-state index in [4.69, 9.17) is 0 Å². The fourth-order valence-corrected chi connectivity index (χ4v) is 4.80. The van der Waals surface area contributed by atoms with Gasteiger partial charge in [-0.15, -0.1) is 0 Å². The van der Waals surface area contributed by atoms with Crippen LogP contribution >= 0.6 is 0 Å². The van der Waals surface area contributed by atoms with Gasteiger partial charge >= 0.3 is 0 Å². The predicted molar refractivity (Wildman–Crippen MR) is 144 cm³/mol. The van der Waals surface area contributed by atoms with Gasteiger partial charge in [0, 0.05) is 62.8 Å². The van der Waals surface area contributed by atoms with Crippen LogP contribution in [0, 0.1) is 6.92 Å². The summed E-state index contributed by atoms with van der Waals surface area (Å²) in [5.41, 5.74) is 5.84. The molecule has 2 aromatic carbocycles. The van der Waals surface area contributed by atoms with Crippen molar-refractivity contribution in [2.24, 2.45) is 0 Å². The van der Waals surface area contributed by atoms with Crippen LogP contribution in [0.15, 0.2) is 71.8 Å². The number of amides is 1. The first-order valence-electron chi connectivity index (χ1n) is 12.7. The zero-order valence-corrected chi connectivity index (χ0v) is 21.2. The summed E-state index contributed by atoms with van der Waals surface area (Å²) in [5.74, 6) is 0.553. The average molecular weight is 484 g/mol. The van der Waals surface area contributed by atoms with E-state index in [1.165, 1.54) is 16.8 Å². The van der Waals surface area contributed by atoms with Crippen LogP contribution in [0.5, 0.6) is 0 Å². The molecule has 1 aliphatic heterocycles. The van der Waals surface area contributed by atoms with Crippen molar-refractivity contribution in [3.63, 3.8) is 0 Å². The van der Waals surface area contributed by atoms with E-state index in [0.29, 0.717) is 37.5 Å². The summed E-state index contributed by atoms with van der Waals surface area (Å²) in [4.78, 5) is 30.2. The molecule has 0 radical (unpaired) electrons. The molecule has 0 N–H and O–H groups in total. The van der Waals surface area contributed by atoms with Crippen molar-refractivity contribution in [2.75, 3.05) is 31.1 Å². The van der Waals surface area contributed by atoms with Crippen LogP contribution in [0.3, 0.4) is 0 Å². The molecule has 0 atom stereocenters. The third-order valence-electron chi connectivity index (χ3n) is 7.04. The normalized spacial score (nSPS) is 14.1. The van der Waals surface area contributed by atoms with Gasteiger partial charge in [0.25, 0.3) is 5.56 Å². The van der Waals surface area contributed by atoms with E-state index in [1.807, 2.05) is 23.1 Å². The second kappa shape index (κ2) is 10.0. The van der Waals surface area contributed by atoms with Gasteiger partial charge in [-0.1, -0.05) is 50.2 Å². The number of anilines is 1. The fraction of sp³-hybridized carbons (Fsp3) is 0.345. The standard InChI is InChI=1S/C29H33N5O2/c1-21(2)23-7-9-24(10-8-23)26-20-27-29(36)33(17-18-34(27)30-26)12-11-28(35)32-15-13-31(14-16-32)25-6-4-5-22(3)19-25/h4-10,17-21H,11-16H2,1-3H3. The van der Waals surface area contributed by atoms with Gasteiger partial charge in [0.05, 0.1) is 5.69 Å². The predicted octanol–water partition coefficient (Wildman–Crippen LogP) is 4.33. The van der Waals surface area contributed by atoms with Crippen molar-refractivity contribution in [3.8, 4) is 11.3 Å². The molecule has 186 valence electrons. The van der Waals surface area contributed by atoms with Crippen molar-refractivity contribution >= 4 is 17.1 Å². The first-order chi connectivity index (χ1) is 17.4. The average Bonchev–Trinajstić information content (AvgIpc) is 3.34. The molecule has 5 rings (SSSR count). The van der Waals surface area contributed by atoms with Gasteiger partial charge in [-0.25, -0.2) is 4.52 Å². The first-order valence-corrected chi connectivity index (χ1v) is 12.7. The Morgan fingerprint density at radius 1 is 0.972 bits per heavy atom. The highest BCUT2D eigenvalue weighted by Crippen LogP contribution is 2.22. The summed E-state index contributed by atoms with van der Waals surface area (Å²) in [6, 6.07) is 18.6. The van der Waals surface area contributed by atoms with Crippen LogP contribution in [0.4, 0.5) is 5.69 Å². The maximum absolute atomic E-state index is 13.1. The van der Waals surface area contributed by atoms with E-state index >= 15 is 0 Å². The molecule has 7 nitrogen and oxygen atoms in total. The summed E-state index contributed by atoms with van der Waals surface area (Å²) in [6.07, 6.45) is 3.81. The Hall–Kier alpha value is -3.87. The van der Waals surface area contributed by atoms with Gasteiger partial charge in [0.1, 0.15) is 5.52 Å². The number of piperazine rings is 1. The second-order valence-corrected chi connectivity index (χ2v) is 9.89. The van der Waals surface area contributed by atoms with Crippen molar-refractivity contribution < 1.29 is 4.79 Å². The minimum absolute atomic E-state index is 0.0881. The maximum atomic E-state index is 13.1. The van der Waals surface area contributed by atoms with E-state index < -0.39 is 0 Å². The van der Waals surface area contributed by atoms with E-state index in [2.05, 4.69) is 67.2 Å². The molecule has 0 spiro atoms. The van der Waals surface area contributed by atoms with Gasteiger partial charge < -0.3 is 14.4 Å². The van der Waals surface area contributed by atoms with Crippen molar-refractivity contribution in [3.05, 3.63) is 88.5 Å². The summed E-state index contributed by atoms with van der Waals surface area (Å²) < 4.78 is 3.24. The summed E-state index contributed by atoms with van der Waals surface area (Å²) in [5, 5.41) is 4.59. The van der Waals surface area contributed by atoms with E-state index in [-0.39, 0.29) is 11.5 Å². The molecule has 1 fully saturated rings. The molecule has 1 amide bonds. The molecular formula is C29H33N5O2. The monoisotopic (exact) mass is 483 g/mol. The van der Waals surface area contributed by atoms with Gasteiger partial charge in [-0.05, 0) is 42.2 Å². The molecule has 0 unspecified atom stereocenters. The minimum Gasteiger partial charge on any atom is -0.368 e. The van der Waals surface area contributed by atoms with Gasteiger partial charge in [0.15, 0.2) is 0 Å². The molecule has 4 aromatic rings. The zero-order chi connectivity index (χ0) is 25.2. The third-order valence-corrected chi connectivity index (χ3v) is 7.04. The second-order valence-electron chi connectivity index (χ2n) is 9.89. The Morgan fingerprint density at radius 3 is 2.42 bits per heavy atom. The molecule has 36 heavy (non-hydrogen) atoms. The summed E-state index contributed by atoms with van der Waals surface area (Å²) in [6.45, 7) is 9.81. The lowest BCUT2D eigenvalue weighted by atomic mass is 10.0. The molecule has 7 heteroatoms. The van der Waals surface area contributed by atoms with Crippen LogP contribution < -0.4 is 10.5 Å². The largest absolute Gasteiger partial charge is 0.368 e. The smallest absolute Gasteiger partial charge is 0.276 e. The van der Waals surface area contributed by atoms with Crippen molar-refractivity contribution in [2.45, 2.75) is 39.7 Å². The summed E-state index contributed by atoms with van der Waals surface area (Å²) >= 11 is 0. The number of aromatic nitrogens is 3. The highest BCUT2D eigenvalue weighted by atomic mass is 16.2. The quantitative estimate of drug-likeness (QED) is 0.410. The lowest BCUT2D eigenvalue weighted by molar-refractivity contribution is -0.131. The molecule has 0 aliphatic carbocycles. The first kappa shape index (κ1) is 23.9. The number of rotatable bonds is 6. The molecule has 2 aromatic heterocycles. The molecule has 0 saturated carbocycles. The SMILES string of the molecule is Cc1cccc(N2CCN(C(=O)CCn3ccn4nc(-c5ccc(C(C)C)cc5)cc4c3=O)CC2)c1. The lowest BCUT2D eigenvalue weighted by Crippen LogP contribution is -2.49. The van der Waals surface area contributed by atoms with E-state index in [0.717, 1.165) is 24.3 Å². The van der Waals surface area contributed by atoms with Gasteiger partial charge in [-0.3, -0.25) is 9.59 Å². The third kappa shape index (κ3) is 4.91. The number of hydrogen-bond donors (Lipinski definition) is 0. The Balaban J connectivity index is 1.22. The number of benzene rings is 2. The number of carbonyl (C=O) groups excluding carboxylic acids is 1. The topological polar surface area (TPSA) is 62.9 Å². The van der Waals surface area contributed by atoms with Gasteiger partial charge in [-0.2, -0.15) is 5.10 Å². The molecule has 1 saturated heterocycles. The maximum Gasteiger partial charge on any atom is 0.276 e. The van der Waals surface area contributed by atoms with Crippen LogP contribution in [0.25, 0.3) is 16.8 Å². The highest BCUT2D eigenvalue weighted by molar-refractivity contribution is 5.76. The molecule has 0 bridgehead atoms. The highest BCUT2D eigenvalue weighted by Gasteiger charge is 2.21. The number of carbonyl (C=O) groups is 1. The number of aryl methyl sites for hydroxylation is 2. The summed E-state index contributed by atoms with van der Waals surface area (Å²) in [7, 11) is 0. The molecule has 1 aliphatic rings. The molecular weight excluding hydrogens is 450 g/mol. The number of nitrogens with zero attached hydrogens (tertiary/aromatic N) is 5. The Labute approximate surface area is 211 Å². The Kier molecular flexibility index (Phi) is 6.63. The van der Waals surface area contributed by atoms with Crippen LogP contribution in [-0.4, -0.2) is 51.2 Å². The van der Waals surface area contributed by atoms with E-state index in [1.54, 1.807) is 21.5 Å².